The predicted octanol–water partition coefficient (Wildman–Crippen LogP) is 4.12. The van der Waals surface area contributed by atoms with Gasteiger partial charge in [0.25, 0.3) is 0 Å². The summed E-state index contributed by atoms with van der Waals surface area (Å²) < 4.78 is 6.29. The van der Waals surface area contributed by atoms with Crippen molar-refractivity contribution in [2.24, 2.45) is 0 Å². The average molecular weight is 378 g/mol. The summed E-state index contributed by atoms with van der Waals surface area (Å²) in [6.07, 6.45) is 2.38. The largest absolute Gasteiger partial charge is 0.426 e. The van der Waals surface area contributed by atoms with Crippen LogP contribution in [0.3, 0.4) is 0 Å². The fourth-order valence-corrected chi connectivity index (χ4v) is 3.17. The first-order valence-corrected chi connectivity index (χ1v) is 9.63. The number of nitrogens with one attached hydrogen (secondary N) is 1. The van der Waals surface area contributed by atoms with E-state index in [0.29, 0.717) is 6.61 Å². The first kappa shape index (κ1) is 20.3. The molecule has 0 aliphatic carbocycles. The van der Waals surface area contributed by atoms with Gasteiger partial charge in [-0.3, -0.25) is 0 Å². The Labute approximate surface area is 162 Å². The van der Waals surface area contributed by atoms with Crippen LogP contribution in [0.4, 0.5) is 0 Å². The average Bonchev–Trinajstić information content (AvgIpc) is 2.59. The van der Waals surface area contributed by atoms with Crippen LogP contribution in [0.1, 0.15) is 30.9 Å². The van der Waals surface area contributed by atoms with Gasteiger partial charge in [-0.05, 0) is 62.0 Å². The summed E-state index contributed by atoms with van der Waals surface area (Å²) in [6, 6.07) is 11.9. The number of aryl methyl sites for hydroxylation is 2. The van der Waals surface area contributed by atoms with Crippen LogP contribution in [-0.2, 0) is 4.65 Å². The quantitative estimate of drug-likeness (QED) is 0.524. The van der Waals surface area contributed by atoms with Gasteiger partial charge in [-0.2, -0.15) is 0 Å². The first-order valence-electron chi connectivity index (χ1n) is 8.87. The number of hydrogen-bond acceptors (Lipinski definition) is 2. The molecule has 0 aromatic heterocycles. The van der Waals surface area contributed by atoms with Crippen LogP contribution < -0.4 is 16.2 Å². The zero-order valence-electron chi connectivity index (χ0n) is 15.2. The molecular formula is C20H26BCl2NO. The third-order valence-electron chi connectivity index (χ3n) is 4.32. The van der Waals surface area contributed by atoms with E-state index in [2.05, 4.69) is 26.1 Å². The second kappa shape index (κ2) is 10.2. The smallest absolute Gasteiger partial charge is 0.362 e. The number of hydrogen-bond donors (Lipinski definition) is 1. The highest BCUT2D eigenvalue weighted by Crippen LogP contribution is 2.12. The summed E-state index contributed by atoms with van der Waals surface area (Å²) in [5.41, 5.74) is 4.50. The maximum Gasteiger partial charge on any atom is 0.362 e. The third kappa shape index (κ3) is 6.04. The Morgan fingerprint density at radius 3 is 2.00 bits per heavy atom. The van der Waals surface area contributed by atoms with Crippen molar-refractivity contribution in [3.05, 3.63) is 57.6 Å². The Kier molecular flexibility index (Phi) is 8.31. The van der Waals surface area contributed by atoms with E-state index in [1.807, 2.05) is 36.4 Å². The molecule has 0 spiro atoms. The first-order chi connectivity index (χ1) is 12.0. The van der Waals surface area contributed by atoms with Crippen molar-refractivity contribution in [2.75, 3.05) is 19.7 Å². The Balaban J connectivity index is 2.22. The minimum absolute atomic E-state index is 0.176. The lowest BCUT2D eigenvalue weighted by Crippen LogP contribution is -2.48. The Morgan fingerprint density at radius 1 is 0.920 bits per heavy atom. The molecule has 1 N–H and O–H groups in total. The van der Waals surface area contributed by atoms with Crippen LogP contribution in [-0.4, -0.2) is 26.6 Å². The van der Waals surface area contributed by atoms with Crippen LogP contribution in [0.15, 0.2) is 36.4 Å². The van der Waals surface area contributed by atoms with Crippen LogP contribution >= 0.6 is 23.2 Å². The van der Waals surface area contributed by atoms with Gasteiger partial charge in [0.05, 0.1) is 0 Å². The van der Waals surface area contributed by atoms with E-state index in [4.69, 9.17) is 27.9 Å². The summed E-state index contributed by atoms with van der Waals surface area (Å²) >= 11 is 12.5. The van der Waals surface area contributed by atoms with E-state index in [1.165, 1.54) is 12.8 Å². The Hall–Kier alpha value is -0.995. The molecule has 2 aromatic carbocycles. The van der Waals surface area contributed by atoms with Crippen LogP contribution in [0, 0.1) is 13.8 Å². The van der Waals surface area contributed by atoms with Gasteiger partial charge >= 0.3 is 6.92 Å². The third-order valence-corrected chi connectivity index (χ3v) is 4.79. The van der Waals surface area contributed by atoms with Crippen LogP contribution in [0.5, 0.6) is 0 Å². The fraction of sp³-hybridized carbons (Fsp3) is 0.400. The lowest BCUT2D eigenvalue weighted by atomic mass is 9.53. The maximum atomic E-state index is 6.29. The summed E-state index contributed by atoms with van der Waals surface area (Å²) in [6.45, 7) is 8.67. The normalized spacial score (nSPS) is 10.9. The molecule has 0 saturated heterocycles. The Morgan fingerprint density at radius 2 is 1.48 bits per heavy atom. The van der Waals surface area contributed by atoms with Crippen molar-refractivity contribution in [3.8, 4) is 0 Å². The molecule has 0 bridgehead atoms. The summed E-state index contributed by atoms with van der Waals surface area (Å²) in [5.74, 6) is 0. The van der Waals surface area contributed by atoms with Crippen molar-refractivity contribution < 1.29 is 4.65 Å². The minimum Gasteiger partial charge on any atom is -0.426 e. The lowest BCUT2D eigenvalue weighted by Gasteiger charge is -2.20. The topological polar surface area (TPSA) is 21.3 Å². The van der Waals surface area contributed by atoms with Crippen molar-refractivity contribution >= 4 is 41.0 Å². The molecule has 2 aromatic rings. The second-order valence-corrected chi connectivity index (χ2v) is 7.23. The molecule has 0 atom stereocenters. The van der Waals surface area contributed by atoms with Crippen molar-refractivity contribution in [1.82, 2.24) is 5.32 Å². The molecule has 2 nitrogen and oxygen atoms in total. The minimum atomic E-state index is -0.176. The maximum absolute atomic E-state index is 6.29. The number of rotatable bonds is 9. The predicted molar refractivity (Wildman–Crippen MR) is 111 cm³/mol. The van der Waals surface area contributed by atoms with Gasteiger partial charge in [0.15, 0.2) is 0 Å². The van der Waals surface area contributed by atoms with Gasteiger partial charge in [0, 0.05) is 23.2 Å². The molecule has 0 amide bonds. The summed E-state index contributed by atoms with van der Waals surface area (Å²) in [4.78, 5) is 0. The van der Waals surface area contributed by atoms with E-state index < -0.39 is 0 Å². The number of unbranched alkanes of at least 4 members (excludes halogenated alkanes) is 1. The molecule has 0 aliphatic rings. The standard InChI is InChI=1S/C20H26BCl2NO/c1-4-5-10-24-11-12-25-21(19-13-17(22)8-6-15(19)2)20-14-18(23)9-7-16(20)3/h6-9,13-14,24H,4-5,10-12H2,1-3H3. The zero-order valence-corrected chi connectivity index (χ0v) is 16.8. The van der Waals surface area contributed by atoms with Gasteiger partial charge < -0.3 is 9.97 Å². The number of benzene rings is 2. The van der Waals surface area contributed by atoms with E-state index >= 15 is 0 Å². The molecule has 0 aliphatic heterocycles. The molecular weight excluding hydrogens is 352 g/mol. The second-order valence-electron chi connectivity index (χ2n) is 6.36. The van der Waals surface area contributed by atoms with Crippen molar-refractivity contribution in [2.45, 2.75) is 33.6 Å². The van der Waals surface area contributed by atoms with Gasteiger partial charge in [0.1, 0.15) is 0 Å². The summed E-state index contributed by atoms with van der Waals surface area (Å²) in [5, 5.41) is 4.85. The van der Waals surface area contributed by atoms with Crippen molar-refractivity contribution in [1.29, 1.82) is 0 Å². The zero-order chi connectivity index (χ0) is 18.2. The van der Waals surface area contributed by atoms with Gasteiger partial charge in [0.2, 0.25) is 0 Å². The molecule has 0 saturated carbocycles. The molecule has 0 radical (unpaired) electrons. The Bertz CT molecular complexity index is 642. The van der Waals surface area contributed by atoms with Crippen LogP contribution in [0.25, 0.3) is 0 Å². The van der Waals surface area contributed by atoms with Crippen LogP contribution in [0.2, 0.25) is 10.0 Å². The molecule has 5 heteroatoms. The lowest BCUT2D eigenvalue weighted by molar-refractivity contribution is 0.328. The molecule has 25 heavy (non-hydrogen) atoms. The van der Waals surface area contributed by atoms with E-state index in [1.54, 1.807) is 0 Å². The van der Waals surface area contributed by atoms with Gasteiger partial charge in [-0.25, -0.2) is 0 Å². The molecule has 0 heterocycles. The van der Waals surface area contributed by atoms with Crippen molar-refractivity contribution in [3.63, 3.8) is 0 Å². The molecule has 0 unspecified atom stereocenters. The SMILES string of the molecule is CCCCNCCOB(c1cc(Cl)ccc1C)c1cc(Cl)ccc1C. The molecule has 134 valence electrons. The number of halogens is 2. The highest BCUT2D eigenvalue weighted by atomic mass is 35.5. The monoisotopic (exact) mass is 377 g/mol. The highest BCUT2D eigenvalue weighted by Gasteiger charge is 2.25. The van der Waals surface area contributed by atoms with E-state index in [9.17, 15) is 0 Å². The van der Waals surface area contributed by atoms with Gasteiger partial charge in [-0.15, -0.1) is 0 Å². The van der Waals surface area contributed by atoms with Gasteiger partial charge in [-0.1, -0.05) is 59.8 Å². The highest BCUT2D eigenvalue weighted by molar-refractivity contribution is 6.81. The molecule has 0 fully saturated rings. The van der Waals surface area contributed by atoms with E-state index in [-0.39, 0.29) is 6.92 Å². The molecule has 2 rings (SSSR count). The van der Waals surface area contributed by atoms with E-state index in [0.717, 1.165) is 45.2 Å². The summed E-state index contributed by atoms with van der Waals surface area (Å²) in [7, 11) is 0. The fourth-order valence-electron chi connectivity index (χ4n) is 2.81.